The number of rotatable bonds is 2. The zero-order valence-electron chi connectivity index (χ0n) is 8.57. The van der Waals surface area contributed by atoms with Gasteiger partial charge in [0.25, 0.3) is 0 Å². The molecule has 1 aliphatic heterocycles. The van der Waals surface area contributed by atoms with Gasteiger partial charge in [-0.15, -0.1) is 0 Å². The Morgan fingerprint density at radius 2 is 2.33 bits per heavy atom. The Kier molecular flexibility index (Phi) is 3.00. The minimum absolute atomic E-state index is 0.130. The molecule has 1 aromatic rings. The topological polar surface area (TPSA) is 44.5 Å². The SMILES string of the molecule is Cc1ccc(F)c(C2OCC(CN)O2)c1. The molecule has 15 heavy (non-hydrogen) atoms. The first kappa shape index (κ1) is 10.5. The van der Waals surface area contributed by atoms with E-state index in [1.54, 1.807) is 12.1 Å². The molecule has 0 radical (unpaired) electrons. The van der Waals surface area contributed by atoms with Gasteiger partial charge in [-0.05, 0) is 19.1 Å². The van der Waals surface area contributed by atoms with Crippen LogP contribution < -0.4 is 5.73 Å². The molecule has 0 amide bonds. The highest BCUT2D eigenvalue weighted by Gasteiger charge is 2.28. The zero-order valence-corrected chi connectivity index (χ0v) is 8.57. The summed E-state index contributed by atoms with van der Waals surface area (Å²) < 4.78 is 24.2. The second kappa shape index (κ2) is 4.26. The van der Waals surface area contributed by atoms with Gasteiger partial charge in [-0.25, -0.2) is 4.39 Å². The van der Waals surface area contributed by atoms with Crippen molar-refractivity contribution in [2.24, 2.45) is 5.73 Å². The Morgan fingerprint density at radius 3 is 3.00 bits per heavy atom. The van der Waals surface area contributed by atoms with Crippen molar-refractivity contribution in [1.82, 2.24) is 0 Å². The maximum Gasteiger partial charge on any atom is 0.187 e. The van der Waals surface area contributed by atoms with Crippen LogP contribution in [0.25, 0.3) is 0 Å². The van der Waals surface area contributed by atoms with E-state index in [2.05, 4.69) is 0 Å². The molecule has 1 saturated heterocycles. The molecule has 2 N–H and O–H groups in total. The van der Waals surface area contributed by atoms with E-state index in [1.807, 2.05) is 6.92 Å². The van der Waals surface area contributed by atoms with Crippen LogP contribution in [0.2, 0.25) is 0 Å². The number of aryl methyl sites for hydroxylation is 1. The lowest BCUT2D eigenvalue weighted by Gasteiger charge is -2.12. The van der Waals surface area contributed by atoms with Gasteiger partial charge in [0.1, 0.15) is 5.82 Å². The monoisotopic (exact) mass is 211 g/mol. The van der Waals surface area contributed by atoms with Gasteiger partial charge in [-0.3, -0.25) is 0 Å². The number of hydrogen-bond donors (Lipinski definition) is 1. The first-order chi connectivity index (χ1) is 7.20. The lowest BCUT2D eigenvalue weighted by Crippen LogP contribution is -2.21. The Bertz CT molecular complexity index is 356. The summed E-state index contributed by atoms with van der Waals surface area (Å²) in [7, 11) is 0. The number of hydrogen-bond acceptors (Lipinski definition) is 3. The Labute approximate surface area is 88.0 Å². The number of halogens is 1. The summed E-state index contributed by atoms with van der Waals surface area (Å²) >= 11 is 0. The van der Waals surface area contributed by atoms with Crippen molar-refractivity contribution in [1.29, 1.82) is 0 Å². The molecular formula is C11H14FNO2. The fourth-order valence-corrected chi connectivity index (χ4v) is 1.58. The minimum atomic E-state index is -0.613. The third-order valence-electron chi connectivity index (χ3n) is 2.42. The van der Waals surface area contributed by atoms with Gasteiger partial charge in [-0.2, -0.15) is 0 Å². The standard InChI is InChI=1S/C11H14FNO2/c1-7-2-3-10(12)9(4-7)11-14-6-8(5-13)15-11/h2-4,8,11H,5-6,13H2,1H3. The van der Waals surface area contributed by atoms with Crippen LogP contribution >= 0.6 is 0 Å². The van der Waals surface area contributed by atoms with Gasteiger partial charge in [0.05, 0.1) is 12.7 Å². The molecule has 0 spiro atoms. The second-order valence-electron chi connectivity index (χ2n) is 3.68. The average molecular weight is 211 g/mol. The van der Waals surface area contributed by atoms with Crippen molar-refractivity contribution >= 4 is 0 Å². The van der Waals surface area contributed by atoms with Gasteiger partial charge in [-0.1, -0.05) is 11.6 Å². The van der Waals surface area contributed by atoms with Crippen molar-refractivity contribution in [3.8, 4) is 0 Å². The lowest BCUT2D eigenvalue weighted by atomic mass is 10.1. The quantitative estimate of drug-likeness (QED) is 0.806. The van der Waals surface area contributed by atoms with Crippen LogP contribution in [-0.2, 0) is 9.47 Å². The van der Waals surface area contributed by atoms with E-state index in [1.165, 1.54) is 6.07 Å². The molecule has 1 aliphatic rings. The normalized spacial score (nSPS) is 25.8. The van der Waals surface area contributed by atoms with Crippen LogP contribution in [0.1, 0.15) is 17.4 Å². The largest absolute Gasteiger partial charge is 0.346 e. The molecule has 0 bridgehead atoms. The highest BCUT2D eigenvalue weighted by molar-refractivity contribution is 5.25. The van der Waals surface area contributed by atoms with Crippen molar-refractivity contribution in [2.75, 3.05) is 13.2 Å². The Hall–Kier alpha value is -0.970. The van der Waals surface area contributed by atoms with E-state index >= 15 is 0 Å². The summed E-state index contributed by atoms with van der Waals surface area (Å²) in [4.78, 5) is 0. The van der Waals surface area contributed by atoms with Crippen molar-refractivity contribution in [2.45, 2.75) is 19.3 Å². The smallest absolute Gasteiger partial charge is 0.187 e. The van der Waals surface area contributed by atoms with Crippen molar-refractivity contribution < 1.29 is 13.9 Å². The Morgan fingerprint density at radius 1 is 1.53 bits per heavy atom. The average Bonchev–Trinajstić information content (AvgIpc) is 2.70. The zero-order chi connectivity index (χ0) is 10.8. The molecular weight excluding hydrogens is 197 g/mol. The van der Waals surface area contributed by atoms with Crippen molar-refractivity contribution in [3.05, 3.63) is 35.1 Å². The summed E-state index contributed by atoms with van der Waals surface area (Å²) in [6.45, 7) is 2.72. The molecule has 1 heterocycles. The molecule has 0 saturated carbocycles. The van der Waals surface area contributed by atoms with Gasteiger partial charge in [0.2, 0.25) is 0 Å². The molecule has 2 unspecified atom stereocenters. The van der Waals surface area contributed by atoms with Gasteiger partial charge >= 0.3 is 0 Å². The third-order valence-corrected chi connectivity index (χ3v) is 2.42. The van der Waals surface area contributed by atoms with Crippen LogP contribution in [-0.4, -0.2) is 19.3 Å². The lowest BCUT2D eigenvalue weighted by molar-refractivity contribution is -0.0607. The van der Waals surface area contributed by atoms with E-state index in [0.29, 0.717) is 18.7 Å². The summed E-state index contributed by atoms with van der Waals surface area (Å²) in [6.07, 6.45) is -0.742. The fraction of sp³-hybridized carbons (Fsp3) is 0.455. The maximum atomic E-state index is 13.5. The predicted molar refractivity (Wildman–Crippen MR) is 53.8 cm³/mol. The summed E-state index contributed by atoms with van der Waals surface area (Å²) in [5.74, 6) is -0.303. The minimum Gasteiger partial charge on any atom is -0.346 e. The second-order valence-corrected chi connectivity index (χ2v) is 3.68. The van der Waals surface area contributed by atoms with Gasteiger partial charge < -0.3 is 15.2 Å². The van der Waals surface area contributed by atoms with E-state index in [-0.39, 0.29) is 11.9 Å². The molecule has 2 atom stereocenters. The highest BCUT2D eigenvalue weighted by atomic mass is 19.1. The summed E-state index contributed by atoms with van der Waals surface area (Å²) in [6, 6.07) is 4.88. The van der Waals surface area contributed by atoms with Gasteiger partial charge in [0, 0.05) is 12.1 Å². The number of benzene rings is 1. The van der Waals surface area contributed by atoms with Crippen LogP contribution in [0, 0.1) is 12.7 Å². The van der Waals surface area contributed by atoms with Gasteiger partial charge in [0.15, 0.2) is 6.29 Å². The summed E-state index contributed by atoms with van der Waals surface area (Å²) in [5, 5.41) is 0. The van der Waals surface area contributed by atoms with E-state index in [9.17, 15) is 4.39 Å². The van der Waals surface area contributed by atoms with Crippen molar-refractivity contribution in [3.63, 3.8) is 0 Å². The van der Waals surface area contributed by atoms with Crippen LogP contribution in [0.5, 0.6) is 0 Å². The molecule has 2 rings (SSSR count). The van der Waals surface area contributed by atoms with Crippen LogP contribution in [0.15, 0.2) is 18.2 Å². The summed E-state index contributed by atoms with van der Waals surface area (Å²) in [5.41, 5.74) is 6.87. The molecule has 82 valence electrons. The maximum absolute atomic E-state index is 13.5. The first-order valence-electron chi connectivity index (χ1n) is 4.94. The molecule has 3 nitrogen and oxygen atoms in total. The molecule has 0 aromatic heterocycles. The number of ether oxygens (including phenoxy) is 2. The predicted octanol–water partition coefficient (Wildman–Crippen LogP) is 1.51. The van der Waals surface area contributed by atoms with E-state index in [4.69, 9.17) is 15.2 Å². The number of nitrogens with two attached hydrogens (primary N) is 1. The molecule has 0 aliphatic carbocycles. The fourth-order valence-electron chi connectivity index (χ4n) is 1.58. The third kappa shape index (κ3) is 2.17. The van der Waals surface area contributed by atoms with Crippen LogP contribution in [0.3, 0.4) is 0 Å². The highest BCUT2D eigenvalue weighted by Crippen LogP contribution is 2.28. The van der Waals surface area contributed by atoms with Crippen LogP contribution in [0.4, 0.5) is 4.39 Å². The first-order valence-corrected chi connectivity index (χ1v) is 4.94. The molecule has 1 aromatic carbocycles. The van der Waals surface area contributed by atoms with E-state index in [0.717, 1.165) is 5.56 Å². The Balaban J connectivity index is 2.19. The molecule has 1 fully saturated rings. The van der Waals surface area contributed by atoms with E-state index < -0.39 is 6.29 Å². The molecule has 4 heteroatoms.